The normalized spacial score (nSPS) is 24.6. The Bertz CT molecular complexity index is 428. The van der Waals surface area contributed by atoms with Gasteiger partial charge in [0.25, 0.3) is 0 Å². The molecule has 0 saturated heterocycles. The Labute approximate surface area is 112 Å². The number of carbonyl (C=O) groups excluding carboxylic acids is 1. The van der Waals surface area contributed by atoms with Crippen LogP contribution in [0.5, 0.6) is 0 Å². The van der Waals surface area contributed by atoms with Gasteiger partial charge in [-0.25, -0.2) is 0 Å². The highest BCUT2D eigenvalue weighted by molar-refractivity contribution is 6.43. The van der Waals surface area contributed by atoms with E-state index in [2.05, 4.69) is 6.92 Å². The molecular formula is C14H16Cl2O. The average molecular weight is 271 g/mol. The van der Waals surface area contributed by atoms with E-state index in [1.165, 1.54) is 6.42 Å². The van der Waals surface area contributed by atoms with Crippen molar-refractivity contribution in [2.24, 2.45) is 11.8 Å². The Balaban J connectivity index is 2.22. The number of Topliss-reactive ketones (excluding diaryl/α,β-unsaturated/α-hetero) is 1. The zero-order valence-electron chi connectivity index (χ0n) is 9.88. The second kappa shape index (κ2) is 5.41. The lowest BCUT2D eigenvalue weighted by atomic mass is 9.79. The van der Waals surface area contributed by atoms with Gasteiger partial charge < -0.3 is 0 Å². The molecule has 1 nitrogen and oxygen atoms in total. The molecule has 0 N–H and O–H groups in total. The average Bonchev–Trinajstić information content (AvgIpc) is 2.32. The van der Waals surface area contributed by atoms with E-state index in [-0.39, 0.29) is 11.7 Å². The fourth-order valence-corrected chi connectivity index (χ4v) is 2.98. The van der Waals surface area contributed by atoms with Gasteiger partial charge in [-0.1, -0.05) is 49.0 Å². The highest BCUT2D eigenvalue weighted by atomic mass is 35.5. The number of carbonyl (C=O) groups is 1. The number of ketones is 1. The first kappa shape index (κ1) is 12.9. The van der Waals surface area contributed by atoms with Crippen molar-refractivity contribution in [1.29, 1.82) is 0 Å². The second-order valence-electron chi connectivity index (χ2n) is 4.93. The maximum atomic E-state index is 12.4. The van der Waals surface area contributed by atoms with E-state index in [4.69, 9.17) is 23.2 Å². The van der Waals surface area contributed by atoms with Crippen LogP contribution in [0.15, 0.2) is 18.2 Å². The number of hydrogen-bond donors (Lipinski definition) is 0. The van der Waals surface area contributed by atoms with E-state index in [9.17, 15) is 4.79 Å². The van der Waals surface area contributed by atoms with Crippen LogP contribution in [0.3, 0.4) is 0 Å². The standard InChI is InChI=1S/C14H16Cl2O/c1-9-4-2-5-10(8-9)14(17)11-6-3-7-12(15)13(11)16/h3,6-7,9-10H,2,4-5,8H2,1H3. The smallest absolute Gasteiger partial charge is 0.167 e. The lowest BCUT2D eigenvalue weighted by Crippen LogP contribution is -2.22. The van der Waals surface area contributed by atoms with Crippen LogP contribution in [0, 0.1) is 11.8 Å². The first-order chi connectivity index (χ1) is 8.09. The van der Waals surface area contributed by atoms with Crippen LogP contribution in [-0.4, -0.2) is 5.78 Å². The molecule has 0 heterocycles. The summed E-state index contributed by atoms with van der Waals surface area (Å²) in [5.41, 5.74) is 0.582. The van der Waals surface area contributed by atoms with Crippen molar-refractivity contribution in [2.75, 3.05) is 0 Å². The Morgan fingerprint density at radius 1 is 1.29 bits per heavy atom. The van der Waals surface area contributed by atoms with E-state index in [1.807, 2.05) is 0 Å². The Hall–Kier alpha value is -0.530. The minimum absolute atomic E-state index is 0.120. The highest BCUT2D eigenvalue weighted by Gasteiger charge is 2.27. The van der Waals surface area contributed by atoms with Crippen molar-refractivity contribution in [3.63, 3.8) is 0 Å². The Morgan fingerprint density at radius 3 is 2.76 bits per heavy atom. The monoisotopic (exact) mass is 270 g/mol. The van der Waals surface area contributed by atoms with E-state index in [0.717, 1.165) is 19.3 Å². The van der Waals surface area contributed by atoms with E-state index < -0.39 is 0 Å². The summed E-state index contributed by atoms with van der Waals surface area (Å²) in [6, 6.07) is 5.27. The van der Waals surface area contributed by atoms with Crippen LogP contribution < -0.4 is 0 Å². The predicted molar refractivity (Wildman–Crippen MR) is 71.9 cm³/mol. The molecule has 17 heavy (non-hydrogen) atoms. The molecule has 3 heteroatoms. The lowest BCUT2D eigenvalue weighted by Gasteiger charge is -2.25. The van der Waals surface area contributed by atoms with E-state index in [0.29, 0.717) is 21.5 Å². The van der Waals surface area contributed by atoms with Gasteiger partial charge in [0.2, 0.25) is 0 Å². The van der Waals surface area contributed by atoms with Crippen LogP contribution in [0.4, 0.5) is 0 Å². The van der Waals surface area contributed by atoms with Gasteiger partial charge in [-0.05, 0) is 30.9 Å². The summed E-state index contributed by atoms with van der Waals surface area (Å²) in [7, 11) is 0. The summed E-state index contributed by atoms with van der Waals surface area (Å²) in [6.07, 6.45) is 4.32. The molecule has 1 aliphatic rings. The maximum Gasteiger partial charge on any atom is 0.167 e. The number of hydrogen-bond acceptors (Lipinski definition) is 1. The lowest BCUT2D eigenvalue weighted by molar-refractivity contribution is 0.0868. The maximum absolute atomic E-state index is 12.4. The molecule has 1 aromatic carbocycles. The Kier molecular flexibility index (Phi) is 4.11. The summed E-state index contributed by atoms with van der Waals surface area (Å²) < 4.78 is 0. The van der Waals surface area contributed by atoms with Crippen molar-refractivity contribution < 1.29 is 4.79 Å². The van der Waals surface area contributed by atoms with Crippen LogP contribution in [0.1, 0.15) is 43.0 Å². The quantitative estimate of drug-likeness (QED) is 0.691. The minimum Gasteiger partial charge on any atom is -0.294 e. The zero-order chi connectivity index (χ0) is 12.4. The fraction of sp³-hybridized carbons (Fsp3) is 0.500. The van der Waals surface area contributed by atoms with Gasteiger partial charge in [-0.3, -0.25) is 4.79 Å². The molecule has 0 aliphatic heterocycles. The third-order valence-corrected chi connectivity index (χ3v) is 4.34. The summed E-state index contributed by atoms with van der Waals surface area (Å²) in [5, 5.41) is 0.860. The first-order valence-corrected chi connectivity index (χ1v) is 6.83. The van der Waals surface area contributed by atoms with Gasteiger partial charge in [-0.2, -0.15) is 0 Å². The molecule has 2 unspecified atom stereocenters. The van der Waals surface area contributed by atoms with E-state index in [1.54, 1.807) is 18.2 Å². The number of benzene rings is 1. The third-order valence-electron chi connectivity index (χ3n) is 3.52. The molecule has 2 rings (SSSR count). The van der Waals surface area contributed by atoms with Gasteiger partial charge in [0.1, 0.15) is 0 Å². The van der Waals surface area contributed by atoms with Gasteiger partial charge in [0, 0.05) is 11.5 Å². The van der Waals surface area contributed by atoms with Crippen LogP contribution in [0.25, 0.3) is 0 Å². The largest absolute Gasteiger partial charge is 0.294 e. The molecule has 1 fully saturated rings. The molecule has 0 aromatic heterocycles. The summed E-state index contributed by atoms with van der Waals surface area (Å²) in [6.45, 7) is 2.21. The summed E-state index contributed by atoms with van der Waals surface area (Å²) in [5.74, 6) is 0.912. The van der Waals surface area contributed by atoms with Crippen LogP contribution >= 0.6 is 23.2 Å². The van der Waals surface area contributed by atoms with Crippen molar-refractivity contribution in [3.8, 4) is 0 Å². The number of rotatable bonds is 2. The third kappa shape index (κ3) is 2.83. The molecule has 0 radical (unpaired) electrons. The van der Waals surface area contributed by atoms with Gasteiger partial charge in [-0.15, -0.1) is 0 Å². The molecule has 0 bridgehead atoms. The van der Waals surface area contributed by atoms with Gasteiger partial charge >= 0.3 is 0 Å². The fourth-order valence-electron chi connectivity index (χ4n) is 2.59. The summed E-state index contributed by atoms with van der Waals surface area (Å²) >= 11 is 12.0. The van der Waals surface area contributed by atoms with Gasteiger partial charge in [0.05, 0.1) is 10.0 Å². The molecule has 0 amide bonds. The van der Waals surface area contributed by atoms with Crippen molar-refractivity contribution >= 4 is 29.0 Å². The number of halogens is 2. The van der Waals surface area contributed by atoms with Crippen molar-refractivity contribution in [2.45, 2.75) is 32.6 Å². The van der Waals surface area contributed by atoms with E-state index >= 15 is 0 Å². The molecule has 1 saturated carbocycles. The second-order valence-corrected chi connectivity index (χ2v) is 5.72. The minimum atomic E-state index is 0.120. The highest BCUT2D eigenvalue weighted by Crippen LogP contribution is 2.34. The molecule has 92 valence electrons. The van der Waals surface area contributed by atoms with Crippen molar-refractivity contribution in [1.82, 2.24) is 0 Å². The SMILES string of the molecule is CC1CCCC(C(=O)c2cccc(Cl)c2Cl)C1. The van der Waals surface area contributed by atoms with Crippen molar-refractivity contribution in [3.05, 3.63) is 33.8 Å². The molecule has 0 spiro atoms. The molecule has 1 aromatic rings. The van der Waals surface area contributed by atoms with Crippen LogP contribution in [-0.2, 0) is 0 Å². The zero-order valence-corrected chi connectivity index (χ0v) is 11.4. The predicted octanol–water partition coefficient (Wildman–Crippen LogP) is 5.00. The molecule has 1 aliphatic carbocycles. The summed E-state index contributed by atoms with van der Waals surface area (Å²) in [4.78, 5) is 12.4. The molecule has 2 atom stereocenters. The van der Waals surface area contributed by atoms with Gasteiger partial charge in [0.15, 0.2) is 5.78 Å². The Morgan fingerprint density at radius 2 is 2.06 bits per heavy atom. The van der Waals surface area contributed by atoms with Crippen LogP contribution in [0.2, 0.25) is 10.0 Å². The topological polar surface area (TPSA) is 17.1 Å². The first-order valence-electron chi connectivity index (χ1n) is 6.08. The molecular weight excluding hydrogens is 255 g/mol.